The second-order valence-electron chi connectivity index (χ2n) is 3.30. The Labute approximate surface area is 102 Å². The van der Waals surface area contributed by atoms with Gasteiger partial charge in [0.2, 0.25) is 0 Å². The lowest BCUT2D eigenvalue weighted by Gasteiger charge is -2.12. The summed E-state index contributed by atoms with van der Waals surface area (Å²) in [5.41, 5.74) is 1.06. The maximum atomic E-state index is 6.08. The Balaban J connectivity index is 2.61. The Morgan fingerprint density at radius 2 is 2.12 bits per heavy atom. The van der Waals surface area contributed by atoms with Gasteiger partial charge in [-0.3, -0.25) is 0 Å². The lowest BCUT2D eigenvalue weighted by atomic mass is 10.2. The van der Waals surface area contributed by atoms with Gasteiger partial charge in [-0.2, -0.15) is 0 Å². The molecule has 0 aliphatic rings. The molecule has 0 atom stereocenters. The summed E-state index contributed by atoms with van der Waals surface area (Å²) in [4.78, 5) is 0. The standard InChI is InChI=1S/C12H18ClNO2/c1-3-15-7-8-16-12-10(9-14-2)5-4-6-11(12)13/h4-6,14H,3,7-9H2,1-2H3. The van der Waals surface area contributed by atoms with E-state index in [2.05, 4.69) is 5.32 Å². The lowest BCUT2D eigenvalue weighted by Crippen LogP contribution is -2.11. The van der Waals surface area contributed by atoms with E-state index in [-0.39, 0.29) is 0 Å². The number of rotatable bonds is 7. The van der Waals surface area contributed by atoms with Crippen molar-refractivity contribution in [3.8, 4) is 5.75 Å². The summed E-state index contributed by atoms with van der Waals surface area (Å²) in [6.07, 6.45) is 0. The highest BCUT2D eigenvalue weighted by molar-refractivity contribution is 6.32. The Morgan fingerprint density at radius 3 is 2.81 bits per heavy atom. The van der Waals surface area contributed by atoms with Crippen LogP contribution in [0.4, 0.5) is 0 Å². The van der Waals surface area contributed by atoms with Crippen LogP contribution in [0, 0.1) is 0 Å². The van der Waals surface area contributed by atoms with Gasteiger partial charge in [0.15, 0.2) is 0 Å². The molecule has 90 valence electrons. The SMILES string of the molecule is CCOCCOc1c(Cl)cccc1CNC. The molecule has 0 bridgehead atoms. The molecular formula is C12H18ClNO2. The Morgan fingerprint density at radius 1 is 1.31 bits per heavy atom. The molecule has 0 unspecified atom stereocenters. The number of hydrogen-bond acceptors (Lipinski definition) is 3. The monoisotopic (exact) mass is 243 g/mol. The molecule has 0 heterocycles. The van der Waals surface area contributed by atoms with Gasteiger partial charge < -0.3 is 14.8 Å². The summed E-state index contributed by atoms with van der Waals surface area (Å²) in [7, 11) is 1.89. The molecule has 0 saturated heterocycles. The summed E-state index contributed by atoms with van der Waals surface area (Å²) >= 11 is 6.08. The van der Waals surface area contributed by atoms with Crippen LogP contribution in [0.5, 0.6) is 5.75 Å². The Hall–Kier alpha value is -0.770. The van der Waals surface area contributed by atoms with E-state index < -0.39 is 0 Å². The molecule has 0 radical (unpaired) electrons. The molecule has 1 aromatic rings. The van der Waals surface area contributed by atoms with Gasteiger partial charge in [-0.25, -0.2) is 0 Å². The molecule has 0 aromatic heterocycles. The van der Waals surface area contributed by atoms with Crippen molar-refractivity contribution in [3.63, 3.8) is 0 Å². The fourth-order valence-electron chi connectivity index (χ4n) is 1.39. The van der Waals surface area contributed by atoms with Crippen LogP contribution in [0.1, 0.15) is 12.5 Å². The second kappa shape index (κ2) is 7.49. The lowest BCUT2D eigenvalue weighted by molar-refractivity contribution is 0.110. The van der Waals surface area contributed by atoms with Crippen molar-refractivity contribution >= 4 is 11.6 Å². The van der Waals surface area contributed by atoms with Crippen LogP contribution in [0.3, 0.4) is 0 Å². The van der Waals surface area contributed by atoms with Crippen molar-refractivity contribution in [1.29, 1.82) is 0 Å². The van der Waals surface area contributed by atoms with Gasteiger partial charge in [-0.05, 0) is 20.0 Å². The van der Waals surface area contributed by atoms with E-state index in [9.17, 15) is 0 Å². The summed E-state index contributed by atoms with van der Waals surface area (Å²) < 4.78 is 10.8. The molecule has 1 N–H and O–H groups in total. The number of nitrogens with one attached hydrogen (secondary N) is 1. The minimum absolute atomic E-state index is 0.522. The molecule has 1 rings (SSSR count). The van der Waals surface area contributed by atoms with Crippen molar-refractivity contribution in [2.24, 2.45) is 0 Å². The van der Waals surface area contributed by atoms with Gasteiger partial charge in [0.05, 0.1) is 11.6 Å². The molecule has 3 nitrogen and oxygen atoms in total. The van der Waals surface area contributed by atoms with E-state index in [1.807, 2.05) is 32.2 Å². The highest BCUT2D eigenvalue weighted by Crippen LogP contribution is 2.28. The van der Waals surface area contributed by atoms with Crippen molar-refractivity contribution < 1.29 is 9.47 Å². The van der Waals surface area contributed by atoms with Gasteiger partial charge in [-0.15, -0.1) is 0 Å². The van der Waals surface area contributed by atoms with E-state index in [0.717, 1.165) is 17.9 Å². The van der Waals surface area contributed by atoms with Gasteiger partial charge >= 0.3 is 0 Å². The normalized spacial score (nSPS) is 10.4. The van der Waals surface area contributed by atoms with Crippen molar-refractivity contribution in [2.45, 2.75) is 13.5 Å². The predicted molar refractivity (Wildman–Crippen MR) is 66.2 cm³/mol. The summed E-state index contributed by atoms with van der Waals surface area (Å²) in [6, 6.07) is 5.75. The van der Waals surface area contributed by atoms with E-state index >= 15 is 0 Å². The number of benzene rings is 1. The van der Waals surface area contributed by atoms with Gasteiger partial charge in [-0.1, -0.05) is 23.7 Å². The maximum absolute atomic E-state index is 6.08. The third-order valence-corrected chi connectivity index (χ3v) is 2.39. The molecule has 0 fully saturated rings. The number of ether oxygens (including phenoxy) is 2. The topological polar surface area (TPSA) is 30.5 Å². The summed E-state index contributed by atoms with van der Waals surface area (Å²) in [5.74, 6) is 0.748. The molecule has 16 heavy (non-hydrogen) atoms. The highest BCUT2D eigenvalue weighted by Gasteiger charge is 2.07. The van der Waals surface area contributed by atoms with Crippen molar-refractivity contribution in [1.82, 2.24) is 5.32 Å². The average Bonchev–Trinajstić information content (AvgIpc) is 2.28. The Bertz CT molecular complexity index is 318. The van der Waals surface area contributed by atoms with Crippen LogP contribution in [0.2, 0.25) is 5.02 Å². The highest BCUT2D eigenvalue weighted by atomic mass is 35.5. The minimum atomic E-state index is 0.522. The van der Waals surface area contributed by atoms with Gasteiger partial charge in [0.1, 0.15) is 12.4 Å². The summed E-state index contributed by atoms with van der Waals surface area (Å²) in [5, 5.41) is 3.73. The van der Waals surface area contributed by atoms with Crippen LogP contribution in [-0.2, 0) is 11.3 Å². The second-order valence-corrected chi connectivity index (χ2v) is 3.71. The van der Waals surface area contributed by atoms with Crippen LogP contribution < -0.4 is 10.1 Å². The van der Waals surface area contributed by atoms with E-state index in [1.165, 1.54) is 0 Å². The zero-order valence-corrected chi connectivity index (χ0v) is 10.5. The number of para-hydroxylation sites is 1. The molecular weight excluding hydrogens is 226 g/mol. The summed E-state index contributed by atoms with van der Waals surface area (Å²) in [6.45, 7) is 4.51. The molecule has 0 saturated carbocycles. The van der Waals surface area contributed by atoms with Crippen LogP contribution >= 0.6 is 11.6 Å². The molecule has 1 aromatic carbocycles. The van der Waals surface area contributed by atoms with Crippen LogP contribution in [0.25, 0.3) is 0 Å². The molecule has 0 aliphatic heterocycles. The first-order valence-corrected chi connectivity index (χ1v) is 5.80. The smallest absolute Gasteiger partial charge is 0.142 e. The minimum Gasteiger partial charge on any atom is -0.489 e. The first kappa shape index (κ1) is 13.3. The fraction of sp³-hybridized carbons (Fsp3) is 0.500. The third kappa shape index (κ3) is 4.00. The predicted octanol–water partition coefficient (Wildman–Crippen LogP) is 2.47. The van der Waals surface area contributed by atoms with Gasteiger partial charge in [0.25, 0.3) is 0 Å². The van der Waals surface area contributed by atoms with Crippen LogP contribution in [0.15, 0.2) is 18.2 Å². The first-order valence-electron chi connectivity index (χ1n) is 5.42. The largest absolute Gasteiger partial charge is 0.489 e. The third-order valence-electron chi connectivity index (χ3n) is 2.09. The maximum Gasteiger partial charge on any atom is 0.142 e. The van der Waals surface area contributed by atoms with E-state index in [1.54, 1.807) is 0 Å². The number of halogens is 1. The molecule has 0 spiro atoms. The first-order chi connectivity index (χ1) is 7.79. The molecule has 0 aliphatic carbocycles. The quantitative estimate of drug-likeness (QED) is 0.747. The number of hydrogen-bond donors (Lipinski definition) is 1. The van der Waals surface area contributed by atoms with Crippen molar-refractivity contribution in [2.75, 3.05) is 26.9 Å². The van der Waals surface area contributed by atoms with Crippen molar-refractivity contribution in [3.05, 3.63) is 28.8 Å². The molecule has 0 amide bonds. The van der Waals surface area contributed by atoms with E-state index in [0.29, 0.717) is 24.8 Å². The molecule has 4 heteroatoms. The van der Waals surface area contributed by atoms with E-state index in [4.69, 9.17) is 21.1 Å². The fourth-order valence-corrected chi connectivity index (χ4v) is 1.64. The zero-order valence-electron chi connectivity index (χ0n) is 9.75. The van der Waals surface area contributed by atoms with Gasteiger partial charge in [0, 0.05) is 18.7 Å². The Kier molecular flexibility index (Phi) is 6.23. The zero-order chi connectivity index (χ0) is 11.8. The average molecular weight is 244 g/mol. The van der Waals surface area contributed by atoms with Crippen LogP contribution in [-0.4, -0.2) is 26.9 Å².